The smallest absolute Gasteiger partial charge is 0.123 e. The van der Waals surface area contributed by atoms with Crippen molar-refractivity contribution in [2.75, 3.05) is 6.61 Å². The highest BCUT2D eigenvalue weighted by Crippen LogP contribution is 2.12. The Bertz CT molecular complexity index is 384. The lowest BCUT2D eigenvalue weighted by Gasteiger charge is -2.06. The SMILES string of the molecule is CCCCCCOCc1cc(F)ccc1C#N. The van der Waals surface area contributed by atoms with Crippen molar-refractivity contribution >= 4 is 0 Å². The molecule has 0 saturated heterocycles. The molecule has 0 aliphatic heterocycles. The van der Waals surface area contributed by atoms with Crippen molar-refractivity contribution in [1.82, 2.24) is 0 Å². The summed E-state index contributed by atoms with van der Waals surface area (Å²) < 4.78 is 18.4. The van der Waals surface area contributed by atoms with E-state index in [4.69, 9.17) is 10.00 Å². The third-order valence-corrected chi connectivity index (χ3v) is 2.59. The zero-order chi connectivity index (χ0) is 12.5. The fourth-order valence-corrected chi connectivity index (χ4v) is 1.60. The topological polar surface area (TPSA) is 33.0 Å². The summed E-state index contributed by atoms with van der Waals surface area (Å²) in [6, 6.07) is 6.19. The van der Waals surface area contributed by atoms with Crippen molar-refractivity contribution in [2.45, 2.75) is 39.2 Å². The van der Waals surface area contributed by atoms with E-state index in [1.807, 2.05) is 6.07 Å². The third-order valence-electron chi connectivity index (χ3n) is 2.59. The number of halogens is 1. The summed E-state index contributed by atoms with van der Waals surface area (Å²) in [6.45, 7) is 3.14. The van der Waals surface area contributed by atoms with Crippen molar-refractivity contribution in [3.05, 3.63) is 35.1 Å². The van der Waals surface area contributed by atoms with E-state index in [2.05, 4.69) is 6.92 Å². The first-order chi connectivity index (χ1) is 8.27. The van der Waals surface area contributed by atoms with Gasteiger partial charge in [0.05, 0.1) is 18.2 Å². The van der Waals surface area contributed by atoms with Gasteiger partial charge in [0.25, 0.3) is 0 Å². The third kappa shape index (κ3) is 4.97. The van der Waals surface area contributed by atoms with Crippen molar-refractivity contribution in [3.63, 3.8) is 0 Å². The Hall–Kier alpha value is -1.40. The molecule has 0 N–H and O–H groups in total. The first-order valence-electron chi connectivity index (χ1n) is 6.04. The van der Waals surface area contributed by atoms with Crippen LogP contribution in [0.4, 0.5) is 4.39 Å². The number of ether oxygens (including phenoxy) is 1. The quantitative estimate of drug-likeness (QED) is 0.673. The van der Waals surface area contributed by atoms with Gasteiger partial charge in [0, 0.05) is 6.61 Å². The van der Waals surface area contributed by atoms with Crippen LogP contribution < -0.4 is 0 Å². The molecule has 0 amide bonds. The van der Waals surface area contributed by atoms with Gasteiger partial charge in [-0.3, -0.25) is 0 Å². The number of hydrogen-bond donors (Lipinski definition) is 0. The Balaban J connectivity index is 2.36. The minimum Gasteiger partial charge on any atom is -0.377 e. The van der Waals surface area contributed by atoms with Gasteiger partial charge in [-0.2, -0.15) is 5.26 Å². The molecule has 1 aromatic carbocycles. The average molecular weight is 235 g/mol. The van der Waals surface area contributed by atoms with Crippen LogP contribution in [0, 0.1) is 17.1 Å². The summed E-state index contributed by atoms with van der Waals surface area (Å²) >= 11 is 0. The first kappa shape index (κ1) is 13.7. The molecule has 0 aliphatic carbocycles. The highest BCUT2D eigenvalue weighted by molar-refractivity contribution is 5.37. The molecule has 2 nitrogen and oxygen atoms in total. The van der Waals surface area contributed by atoms with Crippen molar-refractivity contribution < 1.29 is 9.13 Å². The van der Waals surface area contributed by atoms with E-state index in [9.17, 15) is 4.39 Å². The van der Waals surface area contributed by atoms with E-state index < -0.39 is 0 Å². The molecule has 0 spiro atoms. The maximum Gasteiger partial charge on any atom is 0.123 e. The Morgan fingerprint density at radius 1 is 1.29 bits per heavy atom. The predicted molar refractivity (Wildman–Crippen MR) is 64.9 cm³/mol. The maximum absolute atomic E-state index is 13.0. The van der Waals surface area contributed by atoms with Crippen molar-refractivity contribution in [2.24, 2.45) is 0 Å². The molecule has 17 heavy (non-hydrogen) atoms. The fourth-order valence-electron chi connectivity index (χ4n) is 1.60. The first-order valence-corrected chi connectivity index (χ1v) is 6.04. The molecule has 0 heterocycles. The summed E-state index contributed by atoms with van der Waals surface area (Å²) in [5.41, 5.74) is 1.11. The number of rotatable bonds is 7. The van der Waals surface area contributed by atoms with Crippen LogP contribution in [0.5, 0.6) is 0 Å². The lowest BCUT2D eigenvalue weighted by molar-refractivity contribution is 0.116. The lowest BCUT2D eigenvalue weighted by Crippen LogP contribution is -1.98. The molecule has 0 aromatic heterocycles. The second-order valence-corrected chi connectivity index (χ2v) is 4.03. The molecule has 0 radical (unpaired) electrons. The molecule has 0 aliphatic rings. The fraction of sp³-hybridized carbons (Fsp3) is 0.500. The van der Waals surface area contributed by atoms with Crippen LogP contribution >= 0.6 is 0 Å². The van der Waals surface area contributed by atoms with E-state index in [1.165, 1.54) is 31.0 Å². The zero-order valence-electron chi connectivity index (χ0n) is 10.2. The molecule has 92 valence electrons. The van der Waals surface area contributed by atoms with E-state index in [0.29, 0.717) is 24.3 Å². The van der Waals surface area contributed by atoms with Crippen LogP contribution in [0.25, 0.3) is 0 Å². The van der Waals surface area contributed by atoms with Gasteiger partial charge < -0.3 is 4.74 Å². The van der Waals surface area contributed by atoms with E-state index in [0.717, 1.165) is 12.8 Å². The van der Waals surface area contributed by atoms with E-state index >= 15 is 0 Å². The van der Waals surface area contributed by atoms with E-state index in [-0.39, 0.29) is 5.82 Å². The molecule has 3 heteroatoms. The molecular formula is C14H18FNO. The van der Waals surface area contributed by atoms with Gasteiger partial charge in [-0.05, 0) is 30.2 Å². The predicted octanol–water partition coefficient (Wildman–Crippen LogP) is 3.79. The van der Waals surface area contributed by atoms with Gasteiger partial charge in [0.2, 0.25) is 0 Å². The number of unbranched alkanes of at least 4 members (excludes halogenated alkanes) is 3. The van der Waals surface area contributed by atoms with Gasteiger partial charge in [0.1, 0.15) is 5.82 Å². The van der Waals surface area contributed by atoms with Gasteiger partial charge >= 0.3 is 0 Å². The Labute approximate surface area is 102 Å². The minimum absolute atomic E-state index is 0.312. The lowest BCUT2D eigenvalue weighted by atomic mass is 10.1. The zero-order valence-corrected chi connectivity index (χ0v) is 10.2. The van der Waals surface area contributed by atoms with Crippen LogP contribution in [0.2, 0.25) is 0 Å². The van der Waals surface area contributed by atoms with Gasteiger partial charge in [-0.15, -0.1) is 0 Å². The number of nitrogens with zero attached hydrogens (tertiary/aromatic N) is 1. The number of nitriles is 1. The largest absolute Gasteiger partial charge is 0.377 e. The second-order valence-electron chi connectivity index (χ2n) is 4.03. The van der Waals surface area contributed by atoms with Crippen LogP contribution in [0.1, 0.15) is 43.7 Å². The number of hydrogen-bond acceptors (Lipinski definition) is 2. The van der Waals surface area contributed by atoms with Crippen LogP contribution in [-0.4, -0.2) is 6.61 Å². The Morgan fingerprint density at radius 2 is 2.12 bits per heavy atom. The molecule has 1 rings (SSSR count). The van der Waals surface area contributed by atoms with Crippen molar-refractivity contribution in [1.29, 1.82) is 5.26 Å². The van der Waals surface area contributed by atoms with Crippen LogP contribution in [0.3, 0.4) is 0 Å². The molecule has 1 aromatic rings. The second kappa shape index (κ2) is 7.81. The standard InChI is InChI=1S/C14H18FNO/c1-2-3-4-5-8-17-11-13-9-14(15)7-6-12(13)10-16/h6-7,9H,2-5,8,11H2,1H3. The molecule has 0 fully saturated rings. The van der Waals surface area contributed by atoms with Crippen LogP contribution in [0.15, 0.2) is 18.2 Å². The normalized spacial score (nSPS) is 10.2. The maximum atomic E-state index is 13.0. The van der Waals surface area contributed by atoms with Crippen LogP contribution in [-0.2, 0) is 11.3 Å². The minimum atomic E-state index is -0.325. The summed E-state index contributed by atoms with van der Waals surface area (Å²) in [7, 11) is 0. The van der Waals surface area contributed by atoms with Gasteiger partial charge in [0.15, 0.2) is 0 Å². The van der Waals surface area contributed by atoms with Gasteiger partial charge in [-0.25, -0.2) is 4.39 Å². The summed E-state index contributed by atoms with van der Waals surface area (Å²) in [6.07, 6.45) is 4.59. The Morgan fingerprint density at radius 3 is 2.82 bits per heavy atom. The molecule has 0 saturated carbocycles. The summed E-state index contributed by atoms with van der Waals surface area (Å²) in [5, 5.41) is 8.85. The average Bonchev–Trinajstić information content (AvgIpc) is 2.34. The highest BCUT2D eigenvalue weighted by Gasteiger charge is 2.03. The summed E-state index contributed by atoms with van der Waals surface area (Å²) in [4.78, 5) is 0. The molecule has 0 atom stereocenters. The molecule has 0 unspecified atom stereocenters. The van der Waals surface area contributed by atoms with E-state index in [1.54, 1.807) is 0 Å². The van der Waals surface area contributed by atoms with Crippen molar-refractivity contribution in [3.8, 4) is 6.07 Å². The Kier molecular flexibility index (Phi) is 6.27. The van der Waals surface area contributed by atoms with Gasteiger partial charge in [-0.1, -0.05) is 26.2 Å². The molecular weight excluding hydrogens is 217 g/mol. The summed E-state index contributed by atoms with van der Waals surface area (Å²) in [5.74, 6) is -0.325. The number of benzene rings is 1. The molecule has 0 bridgehead atoms. The monoisotopic (exact) mass is 235 g/mol. The highest BCUT2D eigenvalue weighted by atomic mass is 19.1.